The maximum absolute atomic E-state index is 12.2. The number of rotatable bonds is 7. The van der Waals surface area contributed by atoms with Gasteiger partial charge in [-0.1, -0.05) is 47.1 Å². The molecule has 0 aliphatic carbocycles. The van der Waals surface area contributed by atoms with Crippen molar-refractivity contribution in [1.82, 2.24) is 15.2 Å². The Hall–Kier alpha value is -2.65. The van der Waals surface area contributed by atoms with Gasteiger partial charge in [-0.25, -0.2) is 4.98 Å². The van der Waals surface area contributed by atoms with E-state index in [2.05, 4.69) is 15.5 Å². The molecule has 0 fully saturated rings. The molecule has 0 saturated heterocycles. The van der Waals surface area contributed by atoms with Crippen molar-refractivity contribution in [1.29, 1.82) is 0 Å². The predicted molar refractivity (Wildman–Crippen MR) is 136 cm³/mol. The molecule has 1 N–H and O–H groups in total. The van der Waals surface area contributed by atoms with E-state index in [-0.39, 0.29) is 11.7 Å². The van der Waals surface area contributed by atoms with E-state index in [4.69, 9.17) is 32.9 Å². The van der Waals surface area contributed by atoms with E-state index >= 15 is 0 Å². The fraction of sp³-hybridized carbons (Fsp3) is 0.130. The SMILES string of the molecule is COc1ccccc1-c1nc(C)c(-c2ccc(SCC(=O)Nc3ccc(Cl)c(Cl)c3)nn2)s1. The minimum absolute atomic E-state index is 0.177. The van der Waals surface area contributed by atoms with E-state index in [1.54, 1.807) is 25.3 Å². The van der Waals surface area contributed by atoms with E-state index in [1.165, 1.54) is 23.1 Å². The van der Waals surface area contributed by atoms with Crippen LogP contribution in [0.3, 0.4) is 0 Å². The van der Waals surface area contributed by atoms with E-state index in [9.17, 15) is 4.79 Å². The van der Waals surface area contributed by atoms with Crippen LogP contribution in [-0.4, -0.2) is 34.0 Å². The summed E-state index contributed by atoms with van der Waals surface area (Å²) in [5, 5.41) is 13.7. The Balaban J connectivity index is 1.42. The second-order valence-corrected chi connectivity index (χ2v) is 9.67. The second-order valence-electron chi connectivity index (χ2n) is 6.86. The number of amides is 1. The molecule has 0 aliphatic heterocycles. The number of hydrogen-bond acceptors (Lipinski definition) is 7. The van der Waals surface area contributed by atoms with Gasteiger partial charge in [-0.3, -0.25) is 4.79 Å². The first-order chi connectivity index (χ1) is 15.9. The number of thiazole rings is 1. The summed E-state index contributed by atoms with van der Waals surface area (Å²) in [6.45, 7) is 1.95. The smallest absolute Gasteiger partial charge is 0.234 e. The van der Waals surface area contributed by atoms with Crippen molar-refractivity contribution in [3.8, 4) is 26.9 Å². The molecule has 6 nitrogen and oxygen atoms in total. The number of methoxy groups -OCH3 is 1. The Labute approximate surface area is 209 Å². The van der Waals surface area contributed by atoms with E-state index < -0.39 is 0 Å². The number of carbonyl (C=O) groups excluding carboxylic acids is 1. The third-order valence-electron chi connectivity index (χ3n) is 4.56. The zero-order valence-electron chi connectivity index (χ0n) is 17.6. The molecule has 4 aromatic rings. The molecule has 2 heterocycles. The van der Waals surface area contributed by atoms with Gasteiger partial charge in [0.05, 0.1) is 39.0 Å². The summed E-state index contributed by atoms with van der Waals surface area (Å²) in [4.78, 5) is 17.9. The molecule has 0 atom stereocenters. The van der Waals surface area contributed by atoms with E-state index in [0.717, 1.165) is 32.6 Å². The lowest BCUT2D eigenvalue weighted by Gasteiger charge is -2.06. The Kier molecular flexibility index (Phi) is 7.49. The number of nitrogens with zero attached hydrogens (tertiary/aromatic N) is 3. The van der Waals surface area contributed by atoms with Crippen LogP contribution in [0.5, 0.6) is 5.75 Å². The molecule has 0 spiro atoms. The number of aryl methyl sites for hydroxylation is 1. The Morgan fingerprint density at radius 3 is 2.64 bits per heavy atom. The summed E-state index contributed by atoms with van der Waals surface area (Å²) >= 11 is 14.7. The molecule has 10 heteroatoms. The molecule has 33 heavy (non-hydrogen) atoms. The Bertz CT molecular complexity index is 1300. The lowest BCUT2D eigenvalue weighted by Crippen LogP contribution is -2.14. The van der Waals surface area contributed by atoms with Crippen LogP contribution >= 0.6 is 46.3 Å². The highest BCUT2D eigenvalue weighted by molar-refractivity contribution is 7.99. The lowest BCUT2D eigenvalue weighted by molar-refractivity contribution is -0.113. The summed E-state index contributed by atoms with van der Waals surface area (Å²) in [6.07, 6.45) is 0. The molecule has 0 saturated carbocycles. The van der Waals surface area contributed by atoms with Crippen LogP contribution in [0.25, 0.3) is 21.1 Å². The van der Waals surface area contributed by atoms with Crippen molar-refractivity contribution in [2.75, 3.05) is 18.2 Å². The van der Waals surface area contributed by atoms with E-state index in [0.29, 0.717) is 20.8 Å². The maximum atomic E-state index is 12.2. The van der Waals surface area contributed by atoms with Crippen LogP contribution in [0.1, 0.15) is 5.69 Å². The third kappa shape index (κ3) is 5.65. The molecule has 2 aromatic carbocycles. The van der Waals surface area contributed by atoms with Gasteiger partial charge in [-0.05, 0) is 49.4 Å². The number of benzene rings is 2. The molecule has 2 aromatic heterocycles. The van der Waals surface area contributed by atoms with Crippen LogP contribution in [0.4, 0.5) is 5.69 Å². The Morgan fingerprint density at radius 1 is 1.09 bits per heavy atom. The average Bonchev–Trinajstić information content (AvgIpc) is 3.21. The highest BCUT2D eigenvalue weighted by Crippen LogP contribution is 2.38. The predicted octanol–water partition coefficient (Wildman–Crippen LogP) is 6.62. The van der Waals surface area contributed by atoms with E-state index in [1.807, 2.05) is 43.3 Å². The first-order valence-corrected chi connectivity index (χ1v) is 12.3. The van der Waals surface area contributed by atoms with Crippen LogP contribution < -0.4 is 10.1 Å². The van der Waals surface area contributed by atoms with Gasteiger partial charge in [0.1, 0.15) is 21.5 Å². The highest BCUT2D eigenvalue weighted by atomic mass is 35.5. The average molecular weight is 517 g/mol. The van der Waals surface area contributed by atoms with Gasteiger partial charge in [0.25, 0.3) is 0 Å². The number of aromatic nitrogens is 3. The summed E-state index contributed by atoms with van der Waals surface area (Å²) in [5.74, 6) is 0.782. The zero-order valence-corrected chi connectivity index (χ0v) is 20.8. The van der Waals surface area contributed by atoms with Gasteiger partial charge in [-0.2, -0.15) is 0 Å². The van der Waals surface area contributed by atoms with Crippen molar-refractivity contribution in [3.05, 3.63) is 70.3 Å². The molecule has 0 radical (unpaired) electrons. The standard InChI is InChI=1S/C23H18Cl2N4O2S2/c1-13-22(33-23(26-13)15-5-3-4-6-19(15)31-2)18-9-10-21(29-28-18)32-12-20(30)27-14-7-8-16(24)17(25)11-14/h3-11H,12H2,1-2H3,(H,27,30). The molecule has 1 amide bonds. The minimum Gasteiger partial charge on any atom is -0.496 e. The number of para-hydroxylation sites is 1. The number of anilines is 1. The highest BCUT2D eigenvalue weighted by Gasteiger charge is 2.16. The van der Waals surface area contributed by atoms with Gasteiger partial charge < -0.3 is 10.1 Å². The molecule has 168 valence electrons. The van der Waals surface area contributed by atoms with Crippen LogP contribution in [0.15, 0.2) is 59.6 Å². The number of thioether (sulfide) groups is 1. The van der Waals surface area contributed by atoms with Crippen molar-refractivity contribution < 1.29 is 9.53 Å². The Morgan fingerprint density at radius 2 is 1.91 bits per heavy atom. The maximum Gasteiger partial charge on any atom is 0.234 e. The zero-order chi connectivity index (χ0) is 23.4. The molecular weight excluding hydrogens is 499 g/mol. The van der Waals surface area contributed by atoms with Gasteiger partial charge in [-0.15, -0.1) is 21.5 Å². The summed E-state index contributed by atoms with van der Waals surface area (Å²) in [7, 11) is 1.65. The number of carbonyl (C=O) groups is 1. The number of ether oxygens (including phenoxy) is 1. The number of halogens is 2. The van der Waals surface area contributed by atoms with Crippen molar-refractivity contribution in [2.45, 2.75) is 11.9 Å². The number of hydrogen-bond donors (Lipinski definition) is 1. The van der Waals surface area contributed by atoms with Crippen molar-refractivity contribution in [2.24, 2.45) is 0 Å². The molecular formula is C23H18Cl2N4O2S2. The number of nitrogens with one attached hydrogen (secondary N) is 1. The van der Waals surface area contributed by atoms with Gasteiger partial charge in [0, 0.05) is 5.69 Å². The van der Waals surface area contributed by atoms with Crippen LogP contribution in [0, 0.1) is 6.92 Å². The van der Waals surface area contributed by atoms with Gasteiger partial charge in [0.2, 0.25) is 5.91 Å². The van der Waals surface area contributed by atoms with Crippen LogP contribution in [0.2, 0.25) is 10.0 Å². The first-order valence-electron chi connectivity index (χ1n) is 9.77. The van der Waals surface area contributed by atoms with Crippen molar-refractivity contribution in [3.63, 3.8) is 0 Å². The summed E-state index contributed by atoms with van der Waals surface area (Å²) in [5.41, 5.74) is 3.13. The topological polar surface area (TPSA) is 77.0 Å². The fourth-order valence-electron chi connectivity index (χ4n) is 3.00. The molecule has 0 unspecified atom stereocenters. The quantitative estimate of drug-likeness (QED) is 0.278. The third-order valence-corrected chi connectivity index (χ3v) is 7.43. The fourth-order valence-corrected chi connectivity index (χ4v) is 4.97. The van der Waals surface area contributed by atoms with Crippen molar-refractivity contribution >= 4 is 57.9 Å². The lowest BCUT2D eigenvalue weighted by atomic mass is 10.2. The molecule has 4 rings (SSSR count). The molecule has 0 aliphatic rings. The minimum atomic E-state index is -0.177. The summed E-state index contributed by atoms with van der Waals surface area (Å²) in [6, 6.07) is 16.5. The second kappa shape index (κ2) is 10.5. The first kappa shape index (κ1) is 23.5. The normalized spacial score (nSPS) is 10.8. The monoisotopic (exact) mass is 516 g/mol. The van der Waals surface area contributed by atoms with Gasteiger partial charge in [0.15, 0.2) is 0 Å². The molecule has 0 bridgehead atoms. The largest absolute Gasteiger partial charge is 0.496 e. The van der Waals surface area contributed by atoms with Gasteiger partial charge >= 0.3 is 0 Å². The van der Waals surface area contributed by atoms with Crippen LogP contribution in [-0.2, 0) is 4.79 Å². The summed E-state index contributed by atoms with van der Waals surface area (Å²) < 4.78 is 5.46.